The molecule has 0 aliphatic carbocycles. The van der Waals surface area contributed by atoms with Crippen molar-refractivity contribution in [1.82, 2.24) is 5.32 Å². The minimum Gasteiger partial charge on any atom is -0.497 e. The Hall–Kier alpha value is -4.63. The summed E-state index contributed by atoms with van der Waals surface area (Å²) in [6, 6.07) is 28.3. The minimum absolute atomic E-state index is 0.00707. The molecule has 0 aromatic heterocycles. The van der Waals surface area contributed by atoms with Crippen LogP contribution in [-0.4, -0.2) is 33.4 Å². The molecule has 0 spiro atoms. The molecule has 4 aromatic carbocycles. The van der Waals surface area contributed by atoms with Gasteiger partial charge in [-0.05, 0) is 67.9 Å². The van der Waals surface area contributed by atoms with Gasteiger partial charge in [0.15, 0.2) is 0 Å². The second-order valence-corrected chi connectivity index (χ2v) is 11.2. The number of anilines is 2. The third-order valence-electron chi connectivity index (χ3n) is 6.07. The zero-order valence-corrected chi connectivity index (χ0v) is 23.3. The molecule has 0 aliphatic rings. The van der Waals surface area contributed by atoms with E-state index in [9.17, 15) is 18.0 Å². The number of hydrogen-bond donors (Lipinski definition) is 2. The number of benzene rings is 4. The molecule has 4 rings (SSSR count). The van der Waals surface area contributed by atoms with Gasteiger partial charge in [-0.2, -0.15) is 0 Å². The van der Waals surface area contributed by atoms with Gasteiger partial charge >= 0.3 is 0 Å². The van der Waals surface area contributed by atoms with Crippen LogP contribution >= 0.6 is 0 Å². The topological polar surface area (TPSA) is 105 Å². The first kappa shape index (κ1) is 28.4. The SMILES string of the molecule is COc1ccc(S(=O)(=O)N(Cc2ccccc2)c2ccccc2C(=O)Nc2ccccc2C(=O)NC(C)C)cc1. The Morgan fingerprint density at radius 3 is 2.02 bits per heavy atom. The maximum absolute atomic E-state index is 14.0. The van der Waals surface area contributed by atoms with Gasteiger partial charge in [0, 0.05) is 6.04 Å². The summed E-state index contributed by atoms with van der Waals surface area (Å²) in [5.41, 5.74) is 1.69. The molecule has 2 N–H and O–H groups in total. The summed E-state index contributed by atoms with van der Waals surface area (Å²) < 4.78 is 34.4. The molecule has 2 amide bonds. The molecular weight excluding hydrogens is 526 g/mol. The Labute approximate surface area is 234 Å². The Morgan fingerprint density at radius 1 is 0.775 bits per heavy atom. The number of methoxy groups -OCH3 is 1. The fourth-order valence-electron chi connectivity index (χ4n) is 4.13. The van der Waals surface area contributed by atoms with E-state index in [1.807, 2.05) is 44.2 Å². The highest BCUT2D eigenvalue weighted by molar-refractivity contribution is 7.92. The lowest BCUT2D eigenvalue weighted by Gasteiger charge is -2.27. The second-order valence-electron chi connectivity index (χ2n) is 9.32. The van der Waals surface area contributed by atoms with Crippen molar-refractivity contribution in [2.45, 2.75) is 31.3 Å². The summed E-state index contributed by atoms with van der Waals surface area (Å²) in [6.07, 6.45) is 0. The van der Waals surface area contributed by atoms with Gasteiger partial charge in [-0.15, -0.1) is 0 Å². The summed E-state index contributed by atoms with van der Waals surface area (Å²) >= 11 is 0. The van der Waals surface area contributed by atoms with Crippen molar-refractivity contribution >= 4 is 33.2 Å². The predicted octanol–water partition coefficient (Wildman–Crippen LogP) is 5.48. The number of amides is 2. The zero-order chi connectivity index (χ0) is 28.7. The number of nitrogens with one attached hydrogen (secondary N) is 2. The Morgan fingerprint density at radius 2 is 1.38 bits per heavy atom. The average Bonchev–Trinajstić information content (AvgIpc) is 2.96. The Balaban J connectivity index is 1.76. The van der Waals surface area contributed by atoms with E-state index in [1.54, 1.807) is 60.7 Å². The first-order valence-corrected chi connectivity index (χ1v) is 14.2. The van der Waals surface area contributed by atoms with Gasteiger partial charge < -0.3 is 15.4 Å². The minimum atomic E-state index is -4.11. The van der Waals surface area contributed by atoms with E-state index in [4.69, 9.17) is 4.74 Å². The molecule has 4 aromatic rings. The number of ether oxygens (including phenoxy) is 1. The van der Waals surface area contributed by atoms with Crippen molar-refractivity contribution in [3.05, 3.63) is 120 Å². The summed E-state index contributed by atoms with van der Waals surface area (Å²) in [5, 5.41) is 5.64. The summed E-state index contributed by atoms with van der Waals surface area (Å²) in [5.74, 6) is -0.358. The quantitative estimate of drug-likeness (QED) is 0.269. The first-order chi connectivity index (χ1) is 19.2. The number of para-hydroxylation sites is 2. The molecule has 0 atom stereocenters. The highest BCUT2D eigenvalue weighted by atomic mass is 32.2. The molecule has 0 bridgehead atoms. The van der Waals surface area contributed by atoms with Crippen LogP contribution in [0, 0.1) is 0 Å². The molecule has 0 heterocycles. The first-order valence-electron chi connectivity index (χ1n) is 12.7. The molecule has 206 valence electrons. The number of rotatable bonds is 10. The number of sulfonamides is 1. The van der Waals surface area contributed by atoms with Crippen molar-refractivity contribution in [2.24, 2.45) is 0 Å². The molecule has 0 saturated carbocycles. The standard InChI is InChI=1S/C31H31N3O5S/c1-22(2)32-30(35)26-13-7-9-15-28(26)33-31(36)27-14-8-10-16-29(27)34(21-23-11-5-4-6-12-23)40(37,38)25-19-17-24(39-3)18-20-25/h4-20,22H,21H2,1-3H3,(H,32,35)(H,33,36). The zero-order valence-electron chi connectivity index (χ0n) is 22.5. The molecule has 0 unspecified atom stereocenters. The fraction of sp³-hybridized carbons (Fsp3) is 0.161. The number of nitrogens with zero attached hydrogens (tertiary/aromatic N) is 1. The smallest absolute Gasteiger partial charge is 0.264 e. The molecule has 0 fully saturated rings. The van der Waals surface area contributed by atoms with Gasteiger partial charge in [0.25, 0.3) is 21.8 Å². The van der Waals surface area contributed by atoms with E-state index in [2.05, 4.69) is 10.6 Å². The van der Waals surface area contributed by atoms with Crippen molar-refractivity contribution in [3.63, 3.8) is 0 Å². The van der Waals surface area contributed by atoms with E-state index in [0.29, 0.717) is 17.0 Å². The van der Waals surface area contributed by atoms with Gasteiger partial charge in [-0.1, -0.05) is 54.6 Å². The lowest BCUT2D eigenvalue weighted by molar-refractivity contribution is 0.0944. The highest BCUT2D eigenvalue weighted by Gasteiger charge is 2.29. The number of carbonyl (C=O) groups excluding carboxylic acids is 2. The maximum atomic E-state index is 14.0. The van der Waals surface area contributed by atoms with Gasteiger partial charge in [0.1, 0.15) is 5.75 Å². The van der Waals surface area contributed by atoms with Crippen LogP contribution in [0.4, 0.5) is 11.4 Å². The van der Waals surface area contributed by atoms with Crippen molar-refractivity contribution < 1.29 is 22.7 Å². The lowest BCUT2D eigenvalue weighted by Crippen LogP contribution is -2.33. The fourth-order valence-corrected chi connectivity index (χ4v) is 5.60. The lowest BCUT2D eigenvalue weighted by atomic mass is 10.1. The van der Waals surface area contributed by atoms with Crippen molar-refractivity contribution in [3.8, 4) is 5.75 Å². The number of hydrogen-bond acceptors (Lipinski definition) is 5. The van der Waals surface area contributed by atoms with Gasteiger partial charge in [-0.3, -0.25) is 13.9 Å². The van der Waals surface area contributed by atoms with Crippen LogP contribution in [0.15, 0.2) is 108 Å². The summed E-state index contributed by atoms with van der Waals surface area (Å²) in [7, 11) is -2.60. The average molecular weight is 558 g/mol. The van der Waals surface area contributed by atoms with Gasteiger partial charge in [0.2, 0.25) is 0 Å². The third kappa shape index (κ3) is 6.50. The van der Waals surface area contributed by atoms with E-state index < -0.39 is 15.9 Å². The van der Waals surface area contributed by atoms with Crippen LogP contribution in [0.5, 0.6) is 5.75 Å². The van der Waals surface area contributed by atoms with Gasteiger partial charge in [0.05, 0.1) is 41.1 Å². The molecule has 9 heteroatoms. The molecule has 8 nitrogen and oxygen atoms in total. The Bertz CT molecular complexity index is 1590. The van der Waals surface area contributed by atoms with Crippen LogP contribution in [0.1, 0.15) is 40.1 Å². The summed E-state index contributed by atoms with van der Waals surface area (Å²) in [6.45, 7) is 3.69. The molecular formula is C31H31N3O5S. The van der Waals surface area contributed by atoms with Crippen molar-refractivity contribution in [2.75, 3.05) is 16.7 Å². The predicted molar refractivity (Wildman–Crippen MR) is 156 cm³/mol. The van der Waals surface area contributed by atoms with Crippen LogP contribution in [-0.2, 0) is 16.6 Å². The van der Waals surface area contributed by atoms with E-state index in [1.165, 1.54) is 23.5 Å². The highest BCUT2D eigenvalue weighted by Crippen LogP contribution is 2.31. The van der Waals surface area contributed by atoms with Crippen LogP contribution in [0.25, 0.3) is 0 Å². The van der Waals surface area contributed by atoms with Crippen LogP contribution in [0.3, 0.4) is 0 Å². The molecule has 40 heavy (non-hydrogen) atoms. The van der Waals surface area contributed by atoms with Crippen LogP contribution in [0.2, 0.25) is 0 Å². The monoisotopic (exact) mass is 557 g/mol. The number of carbonyl (C=O) groups is 2. The third-order valence-corrected chi connectivity index (χ3v) is 7.85. The maximum Gasteiger partial charge on any atom is 0.264 e. The summed E-state index contributed by atoms with van der Waals surface area (Å²) in [4.78, 5) is 26.5. The van der Waals surface area contributed by atoms with Crippen molar-refractivity contribution in [1.29, 1.82) is 0 Å². The van der Waals surface area contributed by atoms with E-state index >= 15 is 0 Å². The molecule has 0 aliphatic heterocycles. The molecule has 0 radical (unpaired) electrons. The van der Waals surface area contributed by atoms with Gasteiger partial charge in [-0.25, -0.2) is 8.42 Å². The van der Waals surface area contributed by atoms with Crippen LogP contribution < -0.4 is 19.7 Å². The largest absolute Gasteiger partial charge is 0.497 e. The normalized spacial score (nSPS) is 11.1. The van der Waals surface area contributed by atoms with E-state index in [-0.39, 0.29) is 34.6 Å². The molecule has 0 saturated heterocycles. The Kier molecular flexibility index (Phi) is 8.86. The van der Waals surface area contributed by atoms with E-state index in [0.717, 1.165) is 5.56 Å². The second kappa shape index (κ2) is 12.5.